The average molecular weight is 232 g/mol. The van der Waals surface area contributed by atoms with Crippen molar-refractivity contribution in [1.29, 1.82) is 0 Å². The standard InChI is InChI=1S/C14H21N3/c1-3-13-4-6-14(7-5-13)12-15-17-10-8-16(2)9-11-17/h4-7,12H,3,8-11H2,1-2H3/p+1/b15-12-. The monoisotopic (exact) mass is 232 g/mol. The normalized spacial score (nSPS) is 17.9. The molecule has 92 valence electrons. The molecule has 3 nitrogen and oxygen atoms in total. The first kappa shape index (κ1) is 12.1. The third kappa shape index (κ3) is 3.56. The minimum atomic E-state index is 1.06. The molecule has 1 aliphatic rings. The first-order chi connectivity index (χ1) is 8.28. The van der Waals surface area contributed by atoms with Gasteiger partial charge in [0.15, 0.2) is 0 Å². The summed E-state index contributed by atoms with van der Waals surface area (Å²) in [7, 11) is 2.24. The lowest BCUT2D eigenvalue weighted by Gasteiger charge is -2.27. The van der Waals surface area contributed by atoms with Gasteiger partial charge >= 0.3 is 0 Å². The van der Waals surface area contributed by atoms with Crippen LogP contribution in [-0.4, -0.2) is 44.5 Å². The SMILES string of the molecule is CCc1ccc(/C=N\N2CC[NH+](C)CC2)cc1. The zero-order valence-corrected chi connectivity index (χ0v) is 10.8. The second-order valence-electron chi connectivity index (χ2n) is 4.75. The van der Waals surface area contributed by atoms with Crippen LogP contribution in [0.1, 0.15) is 18.1 Å². The van der Waals surface area contributed by atoms with Crippen LogP contribution in [0.25, 0.3) is 0 Å². The van der Waals surface area contributed by atoms with Crippen LogP contribution < -0.4 is 4.90 Å². The zero-order chi connectivity index (χ0) is 12.1. The Bertz CT molecular complexity index is 362. The summed E-state index contributed by atoms with van der Waals surface area (Å²) in [6, 6.07) is 8.64. The molecule has 17 heavy (non-hydrogen) atoms. The van der Waals surface area contributed by atoms with E-state index in [-0.39, 0.29) is 0 Å². The van der Waals surface area contributed by atoms with Gasteiger partial charge in [0.05, 0.1) is 39.4 Å². The minimum Gasteiger partial charge on any atom is -0.334 e. The predicted octanol–water partition coefficient (Wildman–Crippen LogP) is 0.413. The molecule has 3 heteroatoms. The molecular weight excluding hydrogens is 210 g/mol. The van der Waals surface area contributed by atoms with Crippen LogP contribution in [0, 0.1) is 0 Å². The Kier molecular flexibility index (Phi) is 4.15. The van der Waals surface area contributed by atoms with Crippen molar-refractivity contribution in [2.75, 3.05) is 33.2 Å². The molecule has 0 saturated carbocycles. The summed E-state index contributed by atoms with van der Waals surface area (Å²) >= 11 is 0. The summed E-state index contributed by atoms with van der Waals surface area (Å²) in [5.74, 6) is 0. The lowest BCUT2D eigenvalue weighted by molar-refractivity contribution is -0.884. The van der Waals surface area contributed by atoms with E-state index in [1.54, 1.807) is 4.90 Å². The summed E-state index contributed by atoms with van der Waals surface area (Å²) in [6.07, 6.45) is 3.07. The van der Waals surface area contributed by atoms with E-state index in [2.05, 4.69) is 48.3 Å². The van der Waals surface area contributed by atoms with Gasteiger partial charge in [0.25, 0.3) is 0 Å². The lowest BCUT2D eigenvalue weighted by Crippen LogP contribution is -3.11. The Morgan fingerprint density at radius 3 is 2.47 bits per heavy atom. The maximum atomic E-state index is 4.54. The third-order valence-electron chi connectivity index (χ3n) is 3.35. The highest BCUT2D eigenvalue weighted by atomic mass is 15.5. The fraction of sp³-hybridized carbons (Fsp3) is 0.500. The van der Waals surface area contributed by atoms with Crippen LogP contribution in [0.5, 0.6) is 0 Å². The summed E-state index contributed by atoms with van der Waals surface area (Å²) in [5, 5.41) is 6.71. The van der Waals surface area contributed by atoms with Crippen molar-refractivity contribution in [3.8, 4) is 0 Å². The van der Waals surface area contributed by atoms with E-state index in [0.29, 0.717) is 0 Å². The number of hydrogen-bond acceptors (Lipinski definition) is 2. The van der Waals surface area contributed by atoms with Crippen LogP contribution in [-0.2, 0) is 6.42 Å². The molecule has 0 unspecified atom stereocenters. The second kappa shape index (κ2) is 5.82. The van der Waals surface area contributed by atoms with E-state index in [1.807, 2.05) is 6.21 Å². The Morgan fingerprint density at radius 2 is 1.88 bits per heavy atom. The topological polar surface area (TPSA) is 20.0 Å². The number of aryl methyl sites for hydroxylation is 1. The number of piperazine rings is 1. The fourth-order valence-corrected chi connectivity index (χ4v) is 1.98. The van der Waals surface area contributed by atoms with Gasteiger partial charge < -0.3 is 4.90 Å². The molecule has 0 bridgehead atoms. The van der Waals surface area contributed by atoms with E-state index < -0.39 is 0 Å². The molecule has 1 fully saturated rings. The van der Waals surface area contributed by atoms with Crippen LogP contribution >= 0.6 is 0 Å². The van der Waals surface area contributed by atoms with Crippen molar-refractivity contribution in [1.82, 2.24) is 5.01 Å². The van der Waals surface area contributed by atoms with E-state index in [0.717, 1.165) is 19.5 Å². The number of likely N-dealkylation sites (N-methyl/N-ethyl adjacent to an activating group) is 1. The summed E-state index contributed by atoms with van der Waals surface area (Å²) in [6.45, 7) is 6.68. The summed E-state index contributed by atoms with van der Waals surface area (Å²) in [4.78, 5) is 1.60. The van der Waals surface area contributed by atoms with Gasteiger partial charge in [0.1, 0.15) is 0 Å². The molecule has 1 N–H and O–H groups in total. The van der Waals surface area contributed by atoms with Gasteiger partial charge in [-0.2, -0.15) is 5.10 Å². The highest BCUT2D eigenvalue weighted by Gasteiger charge is 2.13. The number of benzene rings is 1. The number of nitrogens with zero attached hydrogens (tertiary/aromatic N) is 2. The number of rotatable bonds is 3. The van der Waals surface area contributed by atoms with E-state index in [4.69, 9.17) is 0 Å². The molecule has 1 aliphatic heterocycles. The molecule has 1 aromatic carbocycles. The Labute approximate surface area is 104 Å². The highest BCUT2D eigenvalue weighted by Crippen LogP contribution is 2.03. The van der Waals surface area contributed by atoms with Crippen LogP contribution in [0.3, 0.4) is 0 Å². The molecule has 0 atom stereocenters. The number of hydrogen-bond donors (Lipinski definition) is 1. The van der Waals surface area contributed by atoms with Gasteiger partial charge in [-0.1, -0.05) is 31.2 Å². The van der Waals surface area contributed by atoms with E-state index >= 15 is 0 Å². The largest absolute Gasteiger partial charge is 0.334 e. The van der Waals surface area contributed by atoms with E-state index in [1.165, 1.54) is 24.2 Å². The van der Waals surface area contributed by atoms with Gasteiger partial charge in [-0.25, -0.2) is 0 Å². The molecule has 0 radical (unpaired) electrons. The Hall–Kier alpha value is -1.35. The van der Waals surface area contributed by atoms with Crippen molar-refractivity contribution in [3.63, 3.8) is 0 Å². The zero-order valence-electron chi connectivity index (χ0n) is 10.8. The molecule has 1 heterocycles. The molecule has 0 amide bonds. The van der Waals surface area contributed by atoms with Gasteiger partial charge in [-0.15, -0.1) is 0 Å². The van der Waals surface area contributed by atoms with Crippen LogP contribution in [0.2, 0.25) is 0 Å². The maximum absolute atomic E-state index is 4.54. The Balaban J connectivity index is 1.90. The predicted molar refractivity (Wildman–Crippen MR) is 71.6 cm³/mol. The molecule has 0 aliphatic carbocycles. The van der Waals surface area contributed by atoms with Gasteiger partial charge in [-0.05, 0) is 17.5 Å². The second-order valence-corrected chi connectivity index (χ2v) is 4.75. The number of nitrogens with one attached hydrogen (secondary N) is 1. The molecule has 0 aromatic heterocycles. The lowest BCUT2D eigenvalue weighted by atomic mass is 10.1. The molecule has 0 spiro atoms. The Morgan fingerprint density at radius 1 is 1.24 bits per heavy atom. The molecular formula is C14H22N3+. The summed E-state index contributed by atoms with van der Waals surface area (Å²) in [5.41, 5.74) is 2.57. The van der Waals surface area contributed by atoms with Crippen molar-refractivity contribution in [3.05, 3.63) is 35.4 Å². The summed E-state index contributed by atoms with van der Waals surface area (Å²) < 4.78 is 0. The van der Waals surface area contributed by atoms with Crippen molar-refractivity contribution >= 4 is 6.21 Å². The highest BCUT2D eigenvalue weighted by molar-refractivity contribution is 5.79. The molecule has 1 aromatic rings. The average Bonchev–Trinajstić information content (AvgIpc) is 2.39. The fourth-order valence-electron chi connectivity index (χ4n) is 1.98. The van der Waals surface area contributed by atoms with Gasteiger partial charge in [0, 0.05) is 0 Å². The van der Waals surface area contributed by atoms with Gasteiger partial charge in [-0.3, -0.25) is 5.01 Å². The maximum Gasteiger partial charge on any atom is 0.0964 e. The molecule has 2 rings (SSSR count). The quantitative estimate of drug-likeness (QED) is 0.749. The third-order valence-corrected chi connectivity index (χ3v) is 3.35. The smallest absolute Gasteiger partial charge is 0.0964 e. The van der Waals surface area contributed by atoms with Crippen molar-refractivity contribution < 1.29 is 4.90 Å². The van der Waals surface area contributed by atoms with Crippen molar-refractivity contribution in [2.24, 2.45) is 5.10 Å². The van der Waals surface area contributed by atoms with Gasteiger partial charge in [0.2, 0.25) is 0 Å². The van der Waals surface area contributed by atoms with Crippen molar-refractivity contribution in [2.45, 2.75) is 13.3 Å². The van der Waals surface area contributed by atoms with Crippen LogP contribution in [0.4, 0.5) is 0 Å². The number of quaternary nitrogens is 1. The first-order valence-corrected chi connectivity index (χ1v) is 6.47. The number of hydrazone groups is 1. The van der Waals surface area contributed by atoms with E-state index in [9.17, 15) is 0 Å². The first-order valence-electron chi connectivity index (χ1n) is 6.47. The van der Waals surface area contributed by atoms with Crippen LogP contribution in [0.15, 0.2) is 29.4 Å². The molecule has 1 saturated heterocycles. The minimum absolute atomic E-state index is 1.06.